The molecule has 1 rings (SSSR count). The molecule has 2 nitrogen and oxygen atoms in total. The molecule has 1 atom stereocenters. The van der Waals surface area contributed by atoms with Crippen LogP contribution in [0.5, 0.6) is 0 Å². The Morgan fingerprint density at radius 3 is 2.67 bits per heavy atom. The van der Waals surface area contributed by atoms with Gasteiger partial charge in [0.1, 0.15) is 0 Å². The first-order chi connectivity index (χ1) is 8.65. The van der Waals surface area contributed by atoms with Crippen molar-refractivity contribution in [2.45, 2.75) is 59.2 Å². The van der Waals surface area contributed by atoms with Crippen LogP contribution in [0.4, 0.5) is 0 Å². The lowest BCUT2D eigenvalue weighted by atomic mass is 10.2. The second-order valence-electron chi connectivity index (χ2n) is 5.25. The first kappa shape index (κ1) is 15.7. The molecular formula is C15H28N2S. The van der Waals surface area contributed by atoms with E-state index in [0.29, 0.717) is 12.1 Å². The highest BCUT2D eigenvalue weighted by atomic mass is 32.1. The monoisotopic (exact) mass is 268 g/mol. The molecule has 0 aliphatic carbocycles. The van der Waals surface area contributed by atoms with Gasteiger partial charge < -0.3 is 5.32 Å². The second kappa shape index (κ2) is 8.68. The molecule has 1 unspecified atom stereocenters. The van der Waals surface area contributed by atoms with E-state index in [1.165, 1.54) is 17.7 Å². The molecule has 0 aromatic carbocycles. The van der Waals surface area contributed by atoms with Crippen molar-refractivity contribution >= 4 is 11.3 Å². The van der Waals surface area contributed by atoms with Crippen LogP contribution >= 0.6 is 11.3 Å². The van der Waals surface area contributed by atoms with Crippen molar-refractivity contribution in [1.82, 2.24) is 10.2 Å². The number of rotatable bonds is 9. The summed E-state index contributed by atoms with van der Waals surface area (Å²) in [7, 11) is 0. The van der Waals surface area contributed by atoms with Crippen LogP contribution in [0.3, 0.4) is 0 Å². The minimum Gasteiger partial charge on any atom is -0.315 e. The Hall–Kier alpha value is -0.380. The van der Waals surface area contributed by atoms with E-state index in [2.05, 4.69) is 55.4 Å². The molecule has 3 heteroatoms. The van der Waals surface area contributed by atoms with Gasteiger partial charge in [-0.1, -0.05) is 19.4 Å². The highest BCUT2D eigenvalue weighted by Crippen LogP contribution is 2.16. The van der Waals surface area contributed by atoms with Crippen molar-refractivity contribution in [1.29, 1.82) is 0 Å². The zero-order chi connectivity index (χ0) is 13.4. The highest BCUT2D eigenvalue weighted by Gasteiger charge is 2.17. The Kier molecular flexibility index (Phi) is 7.56. The van der Waals surface area contributed by atoms with Gasteiger partial charge >= 0.3 is 0 Å². The first-order valence-corrected chi connectivity index (χ1v) is 8.02. The molecule has 0 radical (unpaired) electrons. The van der Waals surface area contributed by atoms with E-state index in [-0.39, 0.29) is 0 Å². The number of hydrogen-bond acceptors (Lipinski definition) is 3. The third kappa shape index (κ3) is 5.51. The smallest absolute Gasteiger partial charge is 0.0333 e. The summed E-state index contributed by atoms with van der Waals surface area (Å²) in [6.07, 6.45) is 2.55. The number of hydrogen-bond donors (Lipinski definition) is 1. The average molecular weight is 268 g/mol. The van der Waals surface area contributed by atoms with Gasteiger partial charge in [-0.05, 0) is 45.2 Å². The standard InChI is InChI=1S/C15H28N2S/c1-5-6-9-16-11-14(4)17(13(2)3)12-15-8-7-10-18-15/h7-8,10,13-14,16H,5-6,9,11-12H2,1-4H3. The molecule has 0 saturated carbocycles. The Labute approximate surface area is 116 Å². The quantitative estimate of drug-likeness (QED) is 0.686. The summed E-state index contributed by atoms with van der Waals surface area (Å²) in [5, 5.41) is 5.73. The lowest BCUT2D eigenvalue weighted by molar-refractivity contribution is 0.153. The second-order valence-corrected chi connectivity index (χ2v) is 6.28. The fraction of sp³-hybridized carbons (Fsp3) is 0.733. The molecule has 0 bridgehead atoms. The van der Waals surface area contributed by atoms with E-state index in [9.17, 15) is 0 Å². The number of nitrogens with one attached hydrogen (secondary N) is 1. The third-order valence-corrected chi connectivity index (χ3v) is 4.16. The fourth-order valence-corrected chi connectivity index (χ4v) is 2.87. The summed E-state index contributed by atoms with van der Waals surface area (Å²) < 4.78 is 0. The van der Waals surface area contributed by atoms with Gasteiger partial charge in [0.05, 0.1) is 0 Å². The average Bonchev–Trinajstić information content (AvgIpc) is 2.84. The molecule has 1 aromatic rings. The predicted molar refractivity (Wildman–Crippen MR) is 82.2 cm³/mol. The van der Waals surface area contributed by atoms with Gasteiger partial charge in [0.25, 0.3) is 0 Å². The lowest BCUT2D eigenvalue weighted by Crippen LogP contribution is -2.43. The van der Waals surface area contributed by atoms with Gasteiger partial charge in [-0.25, -0.2) is 0 Å². The molecule has 0 spiro atoms. The van der Waals surface area contributed by atoms with E-state index in [0.717, 1.165) is 19.6 Å². The van der Waals surface area contributed by atoms with Crippen molar-refractivity contribution in [3.63, 3.8) is 0 Å². The molecule has 104 valence electrons. The maximum Gasteiger partial charge on any atom is 0.0333 e. The number of unbranched alkanes of at least 4 members (excludes halogenated alkanes) is 1. The van der Waals surface area contributed by atoms with Crippen molar-refractivity contribution in [3.05, 3.63) is 22.4 Å². The van der Waals surface area contributed by atoms with E-state index in [1.807, 2.05) is 11.3 Å². The maximum atomic E-state index is 3.56. The van der Waals surface area contributed by atoms with Crippen molar-refractivity contribution in [2.24, 2.45) is 0 Å². The molecular weight excluding hydrogens is 240 g/mol. The summed E-state index contributed by atoms with van der Waals surface area (Å²) >= 11 is 1.86. The topological polar surface area (TPSA) is 15.3 Å². The van der Waals surface area contributed by atoms with Crippen LogP contribution in [0.25, 0.3) is 0 Å². The van der Waals surface area contributed by atoms with Crippen molar-refractivity contribution in [2.75, 3.05) is 13.1 Å². The van der Waals surface area contributed by atoms with Gasteiger partial charge in [0.15, 0.2) is 0 Å². The predicted octanol–water partition coefficient (Wildman–Crippen LogP) is 3.74. The van der Waals surface area contributed by atoms with Gasteiger partial charge in [-0.2, -0.15) is 0 Å². The normalized spacial score (nSPS) is 13.4. The number of thiophene rings is 1. The molecule has 1 aromatic heterocycles. The van der Waals surface area contributed by atoms with Crippen LogP contribution < -0.4 is 5.32 Å². The molecule has 0 aliphatic rings. The van der Waals surface area contributed by atoms with Crippen molar-refractivity contribution in [3.8, 4) is 0 Å². The lowest BCUT2D eigenvalue weighted by Gasteiger charge is -2.32. The first-order valence-electron chi connectivity index (χ1n) is 7.14. The summed E-state index contributed by atoms with van der Waals surface area (Å²) in [6, 6.07) is 5.55. The van der Waals surface area contributed by atoms with Crippen LogP contribution in [-0.2, 0) is 6.54 Å². The van der Waals surface area contributed by atoms with E-state index >= 15 is 0 Å². The molecule has 0 aliphatic heterocycles. The maximum absolute atomic E-state index is 3.56. The molecule has 0 saturated heterocycles. The van der Waals surface area contributed by atoms with Gasteiger partial charge in [-0.3, -0.25) is 4.90 Å². The third-order valence-electron chi connectivity index (χ3n) is 3.29. The largest absolute Gasteiger partial charge is 0.315 e. The van der Waals surface area contributed by atoms with E-state index in [1.54, 1.807) is 0 Å². The van der Waals surface area contributed by atoms with Crippen LogP contribution in [-0.4, -0.2) is 30.1 Å². The van der Waals surface area contributed by atoms with Crippen molar-refractivity contribution < 1.29 is 0 Å². The van der Waals surface area contributed by atoms with Gasteiger partial charge in [0.2, 0.25) is 0 Å². The Bertz CT molecular complexity index is 295. The van der Waals surface area contributed by atoms with Gasteiger partial charge in [-0.15, -0.1) is 11.3 Å². The molecule has 1 heterocycles. The molecule has 18 heavy (non-hydrogen) atoms. The summed E-state index contributed by atoms with van der Waals surface area (Å²) in [6.45, 7) is 12.4. The fourth-order valence-electron chi connectivity index (χ4n) is 2.16. The zero-order valence-electron chi connectivity index (χ0n) is 12.3. The van der Waals surface area contributed by atoms with Crippen LogP contribution in [0.1, 0.15) is 45.4 Å². The molecule has 0 amide bonds. The molecule has 0 fully saturated rings. The van der Waals surface area contributed by atoms with E-state index in [4.69, 9.17) is 0 Å². The zero-order valence-corrected chi connectivity index (χ0v) is 13.1. The number of nitrogens with zero attached hydrogens (tertiary/aromatic N) is 1. The minimum atomic E-state index is 0.587. The van der Waals surface area contributed by atoms with Gasteiger partial charge in [0, 0.05) is 30.1 Å². The SMILES string of the molecule is CCCCNCC(C)N(Cc1cccs1)C(C)C. The summed E-state index contributed by atoms with van der Waals surface area (Å²) in [5.74, 6) is 0. The Balaban J connectivity index is 2.40. The Morgan fingerprint density at radius 1 is 1.33 bits per heavy atom. The Morgan fingerprint density at radius 2 is 2.11 bits per heavy atom. The van der Waals surface area contributed by atoms with Crippen LogP contribution in [0.2, 0.25) is 0 Å². The highest BCUT2D eigenvalue weighted by molar-refractivity contribution is 7.09. The van der Waals surface area contributed by atoms with Crippen LogP contribution in [0.15, 0.2) is 17.5 Å². The summed E-state index contributed by atoms with van der Waals surface area (Å²) in [4.78, 5) is 4.04. The minimum absolute atomic E-state index is 0.587. The summed E-state index contributed by atoms with van der Waals surface area (Å²) in [5.41, 5.74) is 0. The van der Waals surface area contributed by atoms with Crippen LogP contribution in [0, 0.1) is 0 Å². The molecule has 1 N–H and O–H groups in total. The van der Waals surface area contributed by atoms with E-state index < -0.39 is 0 Å².